The number of hydrogen-bond acceptors (Lipinski definition) is 3. The molecule has 1 heterocycles. The van der Waals surface area contributed by atoms with Crippen molar-refractivity contribution < 1.29 is 9.84 Å². The summed E-state index contributed by atoms with van der Waals surface area (Å²) >= 11 is 7.41. The highest BCUT2D eigenvalue weighted by Gasteiger charge is 2.43. The standard InChI is InChI=1S/C14H21ClO2S/c1-3-17-14(8-4-5-10(2)9-14)13(16)11-6-7-12(15)18-11/h6-7,10,13,16H,3-5,8-9H2,1-2H3. The van der Waals surface area contributed by atoms with Crippen LogP contribution >= 0.6 is 22.9 Å². The molecule has 4 heteroatoms. The van der Waals surface area contributed by atoms with Gasteiger partial charge in [-0.2, -0.15) is 0 Å². The highest BCUT2D eigenvalue weighted by Crippen LogP contribution is 2.45. The molecular formula is C14H21ClO2S. The van der Waals surface area contributed by atoms with Crippen molar-refractivity contribution in [3.63, 3.8) is 0 Å². The Labute approximate surface area is 118 Å². The first-order valence-corrected chi connectivity index (χ1v) is 7.84. The summed E-state index contributed by atoms with van der Waals surface area (Å²) in [6.45, 7) is 4.87. The summed E-state index contributed by atoms with van der Waals surface area (Å²) in [6, 6.07) is 3.76. The molecule has 1 saturated carbocycles. The Balaban J connectivity index is 2.23. The van der Waals surface area contributed by atoms with Crippen molar-refractivity contribution in [1.29, 1.82) is 0 Å². The van der Waals surface area contributed by atoms with Crippen LogP contribution in [0.1, 0.15) is 50.5 Å². The van der Waals surface area contributed by atoms with Gasteiger partial charge < -0.3 is 9.84 Å². The van der Waals surface area contributed by atoms with Gasteiger partial charge in [0.1, 0.15) is 6.10 Å². The second kappa shape index (κ2) is 5.91. The maximum absolute atomic E-state index is 10.7. The van der Waals surface area contributed by atoms with Crippen molar-refractivity contribution in [2.45, 2.75) is 51.2 Å². The topological polar surface area (TPSA) is 29.5 Å². The van der Waals surface area contributed by atoms with Gasteiger partial charge in [-0.15, -0.1) is 11.3 Å². The minimum Gasteiger partial charge on any atom is -0.385 e. The first-order valence-electron chi connectivity index (χ1n) is 6.64. The molecular weight excluding hydrogens is 268 g/mol. The number of halogens is 1. The smallest absolute Gasteiger partial charge is 0.117 e. The van der Waals surface area contributed by atoms with Gasteiger partial charge in [0, 0.05) is 11.5 Å². The fourth-order valence-electron chi connectivity index (χ4n) is 3.02. The van der Waals surface area contributed by atoms with E-state index in [0.29, 0.717) is 12.5 Å². The molecule has 0 amide bonds. The third-order valence-corrected chi connectivity index (χ3v) is 5.07. The Morgan fingerprint density at radius 3 is 2.94 bits per heavy atom. The molecule has 0 aromatic carbocycles. The Morgan fingerprint density at radius 2 is 2.39 bits per heavy atom. The molecule has 1 aliphatic carbocycles. The van der Waals surface area contributed by atoms with Crippen LogP contribution in [0.4, 0.5) is 0 Å². The molecule has 0 radical (unpaired) electrons. The minimum absolute atomic E-state index is 0.416. The van der Waals surface area contributed by atoms with E-state index in [4.69, 9.17) is 16.3 Å². The second-order valence-electron chi connectivity index (χ2n) is 5.24. The zero-order valence-electron chi connectivity index (χ0n) is 11.0. The van der Waals surface area contributed by atoms with Gasteiger partial charge in [-0.1, -0.05) is 31.4 Å². The van der Waals surface area contributed by atoms with Crippen LogP contribution in [0, 0.1) is 5.92 Å². The average Bonchev–Trinajstić information content (AvgIpc) is 2.75. The summed E-state index contributed by atoms with van der Waals surface area (Å²) in [7, 11) is 0. The lowest BCUT2D eigenvalue weighted by Crippen LogP contribution is -2.43. The van der Waals surface area contributed by atoms with Gasteiger partial charge in [0.15, 0.2) is 0 Å². The summed E-state index contributed by atoms with van der Waals surface area (Å²) < 4.78 is 6.70. The molecule has 3 atom stereocenters. The lowest BCUT2D eigenvalue weighted by atomic mass is 9.75. The van der Waals surface area contributed by atoms with E-state index in [0.717, 1.165) is 28.5 Å². The molecule has 1 N–H and O–H groups in total. The fourth-order valence-corrected chi connectivity index (χ4v) is 4.18. The number of thiophene rings is 1. The van der Waals surface area contributed by atoms with E-state index in [1.165, 1.54) is 17.8 Å². The molecule has 1 aromatic heterocycles. The van der Waals surface area contributed by atoms with Crippen molar-refractivity contribution in [3.05, 3.63) is 21.3 Å². The zero-order chi connectivity index (χ0) is 13.2. The summed E-state index contributed by atoms with van der Waals surface area (Å²) in [5.74, 6) is 0.607. The van der Waals surface area contributed by atoms with E-state index in [1.807, 2.05) is 19.1 Å². The van der Waals surface area contributed by atoms with Gasteiger partial charge in [-0.3, -0.25) is 0 Å². The maximum Gasteiger partial charge on any atom is 0.117 e. The van der Waals surface area contributed by atoms with Crippen LogP contribution in [0.15, 0.2) is 12.1 Å². The lowest BCUT2D eigenvalue weighted by molar-refractivity contribution is -0.148. The van der Waals surface area contributed by atoms with Crippen molar-refractivity contribution in [1.82, 2.24) is 0 Å². The lowest BCUT2D eigenvalue weighted by Gasteiger charge is -2.42. The van der Waals surface area contributed by atoms with Crippen LogP contribution in [-0.4, -0.2) is 17.3 Å². The Bertz CT molecular complexity index is 389. The first-order chi connectivity index (χ1) is 8.57. The van der Waals surface area contributed by atoms with E-state index in [2.05, 4.69) is 6.92 Å². The molecule has 2 nitrogen and oxygen atoms in total. The molecule has 1 aliphatic rings. The van der Waals surface area contributed by atoms with Gasteiger partial charge in [0.25, 0.3) is 0 Å². The quantitative estimate of drug-likeness (QED) is 0.889. The van der Waals surface area contributed by atoms with Gasteiger partial charge in [0.05, 0.1) is 9.94 Å². The number of ether oxygens (including phenoxy) is 1. The van der Waals surface area contributed by atoms with Crippen LogP contribution < -0.4 is 0 Å². The second-order valence-corrected chi connectivity index (χ2v) is 6.99. The SMILES string of the molecule is CCOC1(C(O)c2ccc(Cl)s2)CCCC(C)C1. The predicted octanol–water partition coefficient (Wildman–Crippen LogP) is 4.42. The molecule has 3 unspecified atom stereocenters. The molecule has 2 rings (SSSR count). The van der Waals surface area contributed by atoms with Crippen molar-refractivity contribution in [2.24, 2.45) is 5.92 Å². The molecule has 0 saturated heterocycles. The number of hydrogen-bond donors (Lipinski definition) is 1. The van der Waals surface area contributed by atoms with E-state index in [-0.39, 0.29) is 0 Å². The van der Waals surface area contributed by atoms with Crippen LogP contribution in [0.3, 0.4) is 0 Å². The molecule has 0 aliphatic heterocycles. The third-order valence-electron chi connectivity index (χ3n) is 3.78. The Morgan fingerprint density at radius 1 is 1.61 bits per heavy atom. The van der Waals surface area contributed by atoms with E-state index >= 15 is 0 Å². The monoisotopic (exact) mass is 288 g/mol. The Kier molecular flexibility index (Phi) is 4.70. The molecule has 18 heavy (non-hydrogen) atoms. The Hall–Kier alpha value is -0.0900. The van der Waals surface area contributed by atoms with E-state index in [1.54, 1.807) is 0 Å². The molecule has 0 spiro atoms. The first kappa shape index (κ1) is 14.3. The van der Waals surface area contributed by atoms with Crippen LogP contribution in [0.2, 0.25) is 4.34 Å². The van der Waals surface area contributed by atoms with E-state index in [9.17, 15) is 5.11 Å². The molecule has 0 bridgehead atoms. The van der Waals surface area contributed by atoms with Gasteiger partial charge in [-0.25, -0.2) is 0 Å². The third kappa shape index (κ3) is 2.90. The number of aliphatic hydroxyl groups excluding tert-OH is 1. The highest BCUT2D eigenvalue weighted by atomic mass is 35.5. The average molecular weight is 289 g/mol. The maximum atomic E-state index is 10.7. The summed E-state index contributed by atoms with van der Waals surface area (Å²) in [5.41, 5.74) is -0.416. The molecule has 1 fully saturated rings. The normalized spacial score (nSPS) is 30.3. The summed E-state index contributed by atoms with van der Waals surface area (Å²) in [4.78, 5) is 0.919. The van der Waals surface area contributed by atoms with Gasteiger partial charge >= 0.3 is 0 Å². The van der Waals surface area contributed by atoms with Crippen LogP contribution in [0.25, 0.3) is 0 Å². The summed E-state index contributed by atoms with van der Waals surface area (Å²) in [6.07, 6.45) is 3.65. The predicted molar refractivity (Wildman–Crippen MR) is 76.3 cm³/mol. The number of aliphatic hydroxyl groups is 1. The van der Waals surface area contributed by atoms with Crippen LogP contribution in [-0.2, 0) is 4.74 Å². The van der Waals surface area contributed by atoms with Gasteiger partial charge in [-0.05, 0) is 37.8 Å². The largest absolute Gasteiger partial charge is 0.385 e. The van der Waals surface area contributed by atoms with Gasteiger partial charge in [0.2, 0.25) is 0 Å². The fraction of sp³-hybridized carbons (Fsp3) is 0.714. The highest BCUT2D eigenvalue weighted by molar-refractivity contribution is 7.16. The van der Waals surface area contributed by atoms with Crippen molar-refractivity contribution >= 4 is 22.9 Å². The summed E-state index contributed by atoms with van der Waals surface area (Å²) in [5, 5.41) is 10.7. The van der Waals surface area contributed by atoms with Crippen LogP contribution in [0.5, 0.6) is 0 Å². The molecule has 1 aromatic rings. The minimum atomic E-state index is -0.558. The number of rotatable bonds is 4. The van der Waals surface area contributed by atoms with Crippen molar-refractivity contribution in [3.8, 4) is 0 Å². The van der Waals surface area contributed by atoms with Crippen molar-refractivity contribution in [2.75, 3.05) is 6.61 Å². The zero-order valence-corrected chi connectivity index (χ0v) is 12.6. The van der Waals surface area contributed by atoms with E-state index < -0.39 is 11.7 Å². The molecule has 102 valence electrons.